The van der Waals surface area contributed by atoms with Gasteiger partial charge in [0.25, 0.3) is 5.56 Å². The van der Waals surface area contributed by atoms with E-state index in [1.165, 1.54) is 10.8 Å². The predicted molar refractivity (Wildman–Crippen MR) is 82.2 cm³/mol. The lowest BCUT2D eigenvalue weighted by Gasteiger charge is -2.08. The van der Waals surface area contributed by atoms with Gasteiger partial charge < -0.3 is 0 Å². The van der Waals surface area contributed by atoms with Crippen LogP contribution in [0.1, 0.15) is 5.56 Å². The number of halogens is 2. The zero-order valence-electron chi connectivity index (χ0n) is 11.9. The fourth-order valence-electron chi connectivity index (χ4n) is 2.32. The van der Waals surface area contributed by atoms with Crippen LogP contribution in [0.25, 0.3) is 11.1 Å². The minimum atomic E-state index is -0.791. The summed E-state index contributed by atoms with van der Waals surface area (Å²) in [6.45, 7) is 0.237. The van der Waals surface area contributed by atoms with Crippen molar-refractivity contribution >= 4 is 0 Å². The fraction of sp³-hybridized carbons (Fsp3) is 0.0588. The van der Waals surface area contributed by atoms with Crippen LogP contribution in [-0.4, -0.2) is 9.55 Å². The van der Waals surface area contributed by atoms with Gasteiger partial charge in [-0.3, -0.25) is 14.3 Å². The van der Waals surface area contributed by atoms with Crippen LogP contribution >= 0.6 is 0 Å². The van der Waals surface area contributed by atoms with Crippen molar-refractivity contribution in [1.82, 2.24) is 9.55 Å². The van der Waals surface area contributed by atoms with E-state index >= 15 is 0 Å². The molecule has 0 saturated carbocycles. The van der Waals surface area contributed by atoms with Crippen molar-refractivity contribution in [2.75, 3.05) is 0 Å². The van der Waals surface area contributed by atoms with Crippen LogP contribution in [0.4, 0.5) is 8.78 Å². The molecule has 0 amide bonds. The van der Waals surface area contributed by atoms with E-state index in [2.05, 4.69) is 4.98 Å². The van der Waals surface area contributed by atoms with Crippen LogP contribution in [-0.2, 0) is 6.54 Å². The third-order valence-electron chi connectivity index (χ3n) is 3.38. The van der Waals surface area contributed by atoms with Gasteiger partial charge in [0.15, 0.2) is 0 Å². The Morgan fingerprint density at radius 2 is 1.61 bits per heavy atom. The SMILES string of the molecule is O=c1[nH]c(=O)n(Cc2ccccc2)cc1-c1cc(F)cc(F)c1. The first-order valence-electron chi connectivity index (χ1n) is 6.87. The first-order chi connectivity index (χ1) is 11.0. The number of nitrogens with one attached hydrogen (secondary N) is 1. The van der Waals surface area contributed by atoms with Crippen molar-refractivity contribution in [1.29, 1.82) is 0 Å². The van der Waals surface area contributed by atoms with Gasteiger partial charge in [0.1, 0.15) is 11.6 Å². The molecule has 0 aliphatic carbocycles. The van der Waals surface area contributed by atoms with Gasteiger partial charge >= 0.3 is 5.69 Å². The zero-order valence-corrected chi connectivity index (χ0v) is 11.9. The molecule has 0 fully saturated rings. The summed E-state index contributed by atoms with van der Waals surface area (Å²) in [5.74, 6) is -1.58. The highest BCUT2D eigenvalue weighted by Crippen LogP contribution is 2.17. The molecule has 0 saturated heterocycles. The number of benzene rings is 2. The zero-order chi connectivity index (χ0) is 16.4. The van der Waals surface area contributed by atoms with Crippen LogP contribution in [0.2, 0.25) is 0 Å². The van der Waals surface area contributed by atoms with Gasteiger partial charge in [0.05, 0.1) is 12.1 Å². The Morgan fingerprint density at radius 1 is 0.957 bits per heavy atom. The van der Waals surface area contributed by atoms with Crippen molar-refractivity contribution < 1.29 is 8.78 Å². The van der Waals surface area contributed by atoms with Gasteiger partial charge in [0.2, 0.25) is 0 Å². The average Bonchev–Trinajstić information content (AvgIpc) is 2.50. The molecule has 0 spiro atoms. The van der Waals surface area contributed by atoms with E-state index < -0.39 is 22.9 Å². The number of H-pyrrole nitrogens is 1. The summed E-state index contributed by atoms with van der Waals surface area (Å²) in [7, 11) is 0. The predicted octanol–water partition coefficient (Wildman–Crippen LogP) is 2.53. The molecule has 0 radical (unpaired) electrons. The van der Waals surface area contributed by atoms with Gasteiger partial charge in [-0.15, -0.1) is 0 Å². The second-order valence-corrected chi connectivity index (χ2v) is 5.07. The summed E-state index contributed by atoms with van der Waals surface area (Å²) in [5, 5.41) is 0. The Labute approximate surface area is 129 Å². The molecule has 0 atom stereocenters. The second kappa shape index (κ2) is 6.00. The van der Waals surface area contributed by atoms with E-state index in [9.17, 15) is 18.4 Å². The maximum atomic E-state index is 13.4. The molecule has 3 rings (SSSR count). The summed E-state index contributed by atoms with van der Waals surface area (Å²) >= 11 is 0. The quantitative estimate of drug-likeness (QED) is 0.808. The van der Waals surface area contributed by atoms with Crippen LogP contribution in [0, 0.1) is 11.6 Å². The molecule has 0 bridgehead atoms. The fourth-order valence-corrected chi connectivity index (χ4v) is 2.32. The topological polar surface area (TPSA) is 54.9 Å². The van der Waals surface area contributed by atoms with Crippen molar-refractivity contribution in [3.63, 3.8) is 0 Å². The molecule has 2 aromatic carbocycles. The summed E-state index contributed by atoms with van der Waals surface area (Å²) in [6, 6.07) is 12.0. The molecule has 116 valence electrons. The molecule has 3 aromatic rings. The van der Waals surface area contributed by atoms with Gasteiger partial charge in [-0.25, -0.2) is 13.6 Å². The molecule has 4 nitrogen and oxygen atoms in total. The van der Waals surface area contributed by atoms with E-state index in [-0.39, 0.29) is 17.7 Å². The summed E-state index contributed by atoms with van der Waals surface area (Å²) in [5.41, 5.74) is -0.314. The standard InChI is InChI=1S/C17H12F2N2O2/c18-13-6-12(7-14(19)8-13)15-10-21(17(23)20-16(15)22)9-11-4-2-1-3-5-11/h1-8,10H,9H2,(H,20,22,23). The molecular weight excluding hydrogens is 302 g/mol. The largest absolute Gasteiger partial charge is 0.328 e. The molecule has 1 aromatic heterocycles. The van der Waals surface area contributed by atoms with Crippen LogP contribution < -0.4 is 11.2 Å². The number of hydrogen-bond acceptors (Lipinski definition) is 2. The number of nitrogens with zero attached hydrogens (tertiary/aromatic N) is 1. The number of aromatic nitrogens is 2. The summed E-state index contributed by atoms with van der Waals surface area (Å²) in [6.07, 6.45) is 1.31. The van der Waals surface area contributed by atoms with E-state index in [0.29, 0.717) is 0 Å². The lowest BCUT2D eigenvalue weighted by molar-refractivity contribution is 0.584. The minimum absolute atomic E-state index is 0.0268. The molecular formula is C17H12F2N2O2. The lowest BCUT2D eigenvalue weighted by Crippen LogP contribution is -2.30. The van der Waals surface area contributed by atoms with E-state index in [1.807, 2.05) is 30.3 Å². The van der Waals surface area contributed by atoms with Crippen molar-refractivity contribution in [2.24, 2.45) is 0 Å². The molecule has 0 unspecified atom stereocenters. The van der Waals surface area contributed by atoms with Crippen LogP contribution in [0.15, 0.2) is 64.3 Å². The van der Waals surface area contributed by atoms with Crippen LogP contribution in [0.3, 0.4) is 0 Å². The molecule has 0 aliphatic heterocycles. The van der Waals surface area contributed by atoms with Gasteiger partial charge in [0, 0.05) is 12.3 Å². The van der Waals surface area contributed by atoms with E-state index in [1.54, 1.807) is 0 Å². The third-order valence-corrected chi connectivity index (χ3v) is 3.38. The maximum absolute atomic E-state index is 13.4. The Morgan fingerprint density at radius 3 is 2.26 bits per heavy atom. The maximum Gasteiger partial charge on any atom is 0.328 e. The highest BCUT2D eigenvalue weighted by Gasteiger charge is 2.10. The number of rotatable bonds is 3. The summed E-state index contributed by atoms with van der Waals surface area (Å²) < 4.78 is 28.0. The molecule has 0 aliphatic rings. The first-order valence-corrected chi connectivity index (χ1v) is 6.87. The van der Waals surface area contributed by atoms with Crippen molar-refractivity contribution in [3.8, 4) is 11.1 Å². The minimum Gasteiger partial charge on any atom is -0.296 e. The monoisotopic (exact) mass is 314 g/mol. The Hall–Kier alpha value is -3.02. The smallest absolute Gasteiger partial charge is 0.296 e. The third kappa shape index (κ3) is 3.26. The molecule has 1 N–H and O–H groups in total. The van der Waals surface area contributed by atoms with Gasteiger partial charge in [-0.05, 0) is 23.3 Å². The number of hydrogen-bond donors (Lipinski definition) is 1. The Bertz CT molecular complexity index is 942. The molecule has 23 heavy (non-hydrogen) atoms. The molecule has 1 heterocycles. The highest BCUT2D eigenvalue weighted by molar-refractivity contribution is 5.61. The molecule has 6 heteroatoms. The summed E-state index contributed by atoms with van der Waals surface area (Å²) in [4.78, 5) is 26.0. The highest BCUT2D eigenvalue weighted by atomic mass is 19.1. The first kappa shape index (κ1) is 14.9. The van der Waals surface area contributed by atoms with Crippen molar-refractivity contribution in [3.05, 3.63) is 92.8 Å². The average molecular weight is 314 g/mol. The van der Waals surface area contributed by atoms with Crippen LogP contribution in [0.5, 0.6) is 0 Å². The van der Waals surface area contributed by atoms with E-state index in [0.717, 1.165) is 23.8 Å². The Kier molecular flexibility index (Phi) is 3.89. The van der Waals surface area contributed by atoms with E-state index in [4.69, 9.17) is 0 Å². The normalized spacial score (nSPS) is 10.7. The number of aromatic amines is 1. The Balaban J connectivity index is 2.10. The van der Waals surface area contributed by atoms with Crippen molar-refractivity contribution in [2.45, 2.75) is 6.54 Å². The van der Waals surface area contributed by atoms with Gasteiger partial charge in [-0.1, -0.05) is 30.3 Å². The van der Waals surface area contributed by atoms with Gasteiger partial charge in [-0.2, -0.15) is 0 Å². The lowest BCUT2D eigenvalue weighted by atomic mass is 10.1. The second-order valence-electron chi connectivity index (χ2n) is 5.07.